The summed E-state index contributed by atoms with van der Waals surface area (Å²) >= 11 is 0. The molecular formula is C25H38O4. The standard InChI is InChI=1S/C25H38O4/c1-2-3-4-5-6-7-8-9-10-11-12-13-14-15-19-22-24(26)28-29-25(27)23-20-17-16-18-21-23/h9-10,16-18,20-21H,2-8,11-15,19,22H2,1H3. The zero-order valence-electron chi connectivity index (χ0n) is 18.1. The second kappa shape index (κ2) is 18.0. The molecule has 29 heavy (non-hydrogen) atoms. The van der Waals surface area contributed by atoms with E-state index in [4.69, 9.17) is 0 Å². The van der Waals surface area contributed by atoms with E-state index in [-0.39, 0.29) is 6.42 Å². The zero-order valence-corrected chi connectivity index (χ0v) is 18.1. The summed E-state index contributed by atoms with van der Waals surface area (Å²) in [4.78, 5) is 32.4. The molecule has 4 nitrogen and oxygen atoms in total. The zero-order chi connectivity index (χ0) is 21.0. The van der Waals surface area contributed by atoms with E-state index in [1.807, 2.05) is 0 Å². The number of hydrogen-bond donors (Lipinski definition) is 0. The molecule has 4 heteroatoms. The van der Waals surface area contributed by atoms with Crippen LogP contribution in [0.3, 0.4) is 0 Å². The van der Waals surface area contributed by atoms with Crippen molar-refractivity contribution in [2.75, 3.05) is 0 Å². The lowest BCUT2D eigenvalue weighted by Crippen LogP contribution is -2.11. The lowest BCUT2D eigenvalue weighted by atomic mass is 10.1. The van der Waals surface area contributed by atoms with Crippen LogP contribution in [0.4, 0.5) is 0 Å². The van der Waals surface area contributed by atoms with E-state index in [1.165, 1.54) is 57.8 Å². The number of unbranched alkanes of at least 4 members (excludes halogenated alkanes) is 11. The Morgan fingerprint density at radius 1 is 0.724 bits per heavy atom. The Labute approximate surface area is 176 Å². The van der Waals surface area contributed by atoms with E-state index in [0.29, 0.717) is 5.56 Å². The summed E-state index contributed by atoms with van der Waals surface area (Å²) < 4.78 is 0. The fourth-order valence-corrected chi connectivity index (χ4v) is 3.09. The molecule has 0 aliphatic rings. The maximum Gasteiger partial charge on any atom is 0.386 e. The molecule has 0 aliphatic heterocycles. The summed E-state index contributed by atoms with van der Waals surface area (Å²) in [5.41, 5.74) is 0.362. The average molecular weight is 403 g/mol. The third-order valence-electron chi connectivity index (χ3n) is 4.86. The van der Waals surface area contributed by atoms with Gasteiger partial charge in [0.15, 0.2) is 0 Å². The topological polar surface area (TPSA) is 52.6 Å². The van der Waals surface area contributed by atoms with E-state index in [9.17, 15) is 9.59 Å². The van der Waals surface area contributed by atoms with Gasteiger partial charge in [-0.15, -0.1) is 0 Å². The first kappa shape index (κ1) is 24.9. The molecule has 162 valence electrons. The van der Waals surface area contributed by atoms with E-state index < -0.39 is 11.9 Å². The normalized spacial score (nSPS) is 10.9. The highest BCUT2D eigenvalue weighted by molar-refractivity contribution is 5.89. The lowest BCUT2D eigenvalue weighted by Gasteiger charge is -2.03. The third kappa shape index (κ3) is 14.5. The number of carbonyl (C=O) groups excluding carboxylic acids is 2. The summed E-state index contributed by atoms with van der Waals surface area (Å²) in [6.07, 6.45) is 20.6. The van der Waals surface area contributed by atoms with Gasteiger partial charge in [-0.2, -0.15) is 0 Å². The maximum absolute atomic E-state index is 11.7. The van der Waals surface area contributed by atoms with Crippen LogP contribution in [-0.4, -0.2) is 11.9 Å². The second-order valence-electron chi connectivity index (χ2n) is 7.53. The molecule has 0 aromatic heterocycles. The molecule has 0 amide bonds. The van der Waals surface area contributed by atoms with Crippen molar-refractivity contribution < 1.29 is 19.4 Å². The van der Waals surface area contributed by atoms with E-state index in [2.05, 4.69) is 28.9 Å². The first-order valence-corrected chi connectivity index (χ1v) is 11.4. The Bertz CT molecular complexity index is 565. The van der Waals surface area contributed by atoms with Crippen molar-refractivity contribution >= 4 is 11.9 Å². The maximum atomic E-state index is 11.7. The van der Waals surface area contributed by atoms with Crippen LogP contribution in [0.1, 0.15) is 107 Å². The highest BCUT2D eigenvalue weighted by Crippen LogP contribution is 2.10. The van der Waals surface area contributed by atoms with Crippen LogP contribution in [0.5, 0.6) is 0 Å². The average Bonchev–Trinajstić information content (AvgIpc) is 2.75. The number of hydrogen-bond acceptors (Lipinski definition) is 4. The van der Waals surface area contributed by atoms with Gasteiger partial charge in [-0.05, 0) is 44.2 Å². The van der Waals surface area contributed by atoms with Crippen molar-refractivity contribution in [3.63, 3.8) is 0 Å². The quantitative estimate of drug-likeness (QED) is 0.126. The van der Waals surface area contributed by atoms with Gasteiger partial charge in [0, 0.05) is 0 Å². The summed E-state index contributed by atoms with van der Waals surface area (Å²) in [5.74, 6) is -1.14. The molecule has 0 unspecified atom stereocenters. The number of carbonyl (C=O) groups is 2. The fraction of sp³-hybridized carbons (Fsp3) is 0.600. The van der Waals surface area contributed by atoms with Gasteiger partial charge in [-0.25, -0.2) is 19.4 Å². The molecule has 0 saturated carbocycles. The van der Waals surface area contributed by atoms with Crippen molar-refractivity contribution in [1.82, 2.24) is 0 Å². The van der Waals surface area contributed by atoms with Crippen LogP contribution in [0.2, 0.25) is 0 Å². The van der Waals surface area contributed by atoms with Gasteiger partial charge >= 0.3 is 11.9 Å². The molecule has 0 heterocycles. The highest BCUT2D eigenvalue weighted by atomic mass is 17.2. The molecule has 0 radical (unpaired) electrons. The summed E-state index contributed by atoms with van der Waals surface area (Å²) in [7, 11) is 0. The molecular weight excluding hydrogens is 364 g/mol. The van der Waals surface area contributed by atoms with Crippen molar-refractivity contribution in [1.29, 1.82) is 0 Å². The minimum atomic E-state index is -0.650. The van der Waals surface area contributed by atoms with E-state index >= 15 is 0 Å². The van der Waals surface area contributed by atoms with Crippen LogP contribution in [0, 0.1) is 0 Å². The Kier molecular flexibility index (Phi) is 15.4. The van der Waals surface area contributed by atoms with Crippen LogP contribution in [-0.2, 0) is 14.6 Å². The number of rotatable bonds is 16. The van der Waals surface area contributed by atoms with Crippen molar-refractivity contribution in [3.05, 3.63) is 48.0 Å². The van der Waals surface area contributed by atoms with E-state index in [0.717, 1.165) is 25.7 Å². The van der Waals surface area contributed by atoms with E-state index in [1.54, 1.807) is 30.3 Å². The molecule has 0 saturated heterocycles. The molecule has 1 rings (SSSR count). The molecule has 0 atom stereocenters. The Balaban J connectivity index is 1.87. The Morgan fingerprint density at radius 3 is 1.90 bits per heavy atom. The van der Waals surface area contributed by atoms with Crippen molar-refractivity contribution in [2.24, 2.45) is 0 Å². The fourth-order valence-electron chi connectivity index (χ4n) is 3.09. The molecule has 1 aromatic rings. The van der Waals surface area contributed by atoms with Gasteiger partial charge < -0.3 is 0 Å². The Hall–Kier alpha value is -2.10. The SMILES string of the molecule is CCCCCCCCC=CCCCCCCCC(=O)OOC(=O)c1ccccc1. The lowest BCUT2D eigenvalue weighted by molar-refractivity contribution is -0.234. The summed E-state index contributed by atoms with van der Waals surface area (Å²) in [6.45, 7) is 2.25. The minimum Gasteiger partial charge on any atom is -0.247 e. The third-order valence-corrected chi connectivity index (χ3v) is 4.86. The van der Waals surface area contributed by atoms with Crippen molar-refractivity contribution in [3.8, 4) is 0 Å². The molecule has 0 N–H and O–H groups in total. The van der Waals surface area contributed by atoms with Gasteiger partial charge in [0.2, 0.25) is 0 Å². The van der Waals surface area contributed by atoms with Crippen molar-refractivity contribution in [2.45, 2.75) is 96.8 Å². The van der Waals surface area contributed by atoms with Gasteiger partial charge in [0.1, 0.15) is 0 Å². The van der Waals surface area contributed by atoms with Crippen LogP contribution >= 0.6 is 0 Å². The molecule has 0 spiro atoms. The number of allylic oxidation sites excluding steroid dienone is 2. The minimum absolute atomic E-state index is 0.278. The van der Waals surface area contributed by atoms with Gasteiger partial charge in [0.25, 0.3) is 0 Å². The number of benzene rings is 1. The predicted molar refractivity (Wildman–Crippen MR) is 117 cm³/mol. The van der Waals surface area contributed by atoms with Crippen LogP contribution in [0.15, 0.2) is 42.5 Å². The molecule has 0 bridgehead atoms. The largest absolute Gasteiger partial charge is 0.386 e. The van der Waals surface area contributed by atoms with Crippen LogP contribution < -0.4 is 0 Å². The first-order valence-electron chi connectivity index (χ1n) is 11.4. The second-order valence-corrected chi connectivity index (χ2v) is 7.53. The highest BCUT2D eigenvalue weighted by Gasteiger charge is 2.11. The van der Waals surface area contributed by atoms with Gasteiger partial charge in [-0.3, -0.25) is 0 Å². The molecule has 1 aromatic carbocycles. The summed E-state index contributed by atoms with van der Waals surface area (Å²) in [5, 5.41) is 0. The smallest absolute Gasteiger partial charge is 0.247 e. The van der Waals surface area contributed by atoms with Gasteiger partial charge in [0.05, 0.1) is 12.0 Å². The monoisotopic (exact) mass is 402 g/mol. The Morgan fingerprint density at radius 2 is 1.28 bits per heavy atom. The molecule has 0 aliphatic carbocycles. The van der Waals surface area contributed by atoms with Gasteiger partial charge in [-0.1, -0.05) is 88.6 Å². The summed E-state index contributed by atoms with van der Waals surface area (Å²) in [6, 6.07) is 8.48. The first-order chi connectivity index (χ1) is 14.2. The molecule has 0 fully saturated rings. The predicted octanol–water partition coefficient (Wildman–Crippen LogP) is 7.34. The van der Waals surface area contributed by atoms with Crippen LogP contribution in [0.25, 0.3) is 0 Å².